The lowest BCUT2D eigenvalue weighted by molar-refractivity contribution is 0.886. The molecule has 0 N–H and O–H groups in total. The maximum Gasteiger partial charge on any atom is 0.0264 e. The Kier molecular flexibility index (Phi) is 0.551. The van der Waals surface area contributed by atoms with Gasteiger partial charge in [0.1, 0.15) is 0 Å². The van der Waals surface area contributed by atoms with Gasteiger partial charge in [0, 0.05) is 5.48 Å². The van der Waals surface area contributed by atoms with Gasteiger partial charge in [-0.2, -0.15) is 0 Å². The van der Waals surface area contributed by atoms with E-state index in [1.807, 2.05) is 0 Å². The van der Waals surface area contributed by atoms with Crippen molar-refractivity contribution < 1.29 is 5.48 Å². The third kappa shape index (κ3) is 2.00. The Labute approximate surface area is 33.5 Å². The largest absolute Gasteiger partial charge is 0.0654 e. The fraction of sp³-hybridized carbons (Fsp3) is 1.00. The molecule has 0 heteroatoms. The predicted molar refractivity (Wildman–Crippen MR) is 20.6 cm³/mol. The lowest BCUT2D eigenvalue weighted by atomic mass is 10.4. The molecule has 4 heavy (non-hydrogen) atoms. The van der Waals surface area contributed by atoms with Crippen LogP contribution >= 0.6 is 0 Å². The molecule has 0 aliphatic rings. The van der Waals surface area contributed by atoms with Crippen LogP contribution in [0.1, 0.15) is 32.1 Å². The summed E-state index contributed by atoms with van der Waals surface area (Å²) in [5, 5.41) is 0. The molecule has 0 aromatic carbocycles. The van der Waals surface area contributed by atoms with E-state index in [4.69, 9.17) is 5.48 Å². The van der Waals surface area contributed by atoms with E-state index in [1.54, 1.807) is 6.92 Å². The van der Waals surface area contributed by atoms with Crippen molar-refractivity contribution in [2.45, 2.75) is 26.6 Å². The van der Waals surface area contributed by atoms with Gasteiger partial charge in [-0.25, -0.2) is 0 Å². The van der Waals surface area contributed by atoms with Crippen LogP contribution < -0.4 is 0 Å². The van der Waals surface area contributed by atoms with Crippen LogP contribution in [0.5, 0.6) is 0 Å². The molecule has 0 aromatic heterocycles. The van der Waals surface area contributed by atoms with Crippen molar-refractivity contribution in [2.75, 3.05) is 0 Å². The van der Waals surface area contributed by atoms with Crippen LogP contribution in [0.25, 0.3) is 0 Å². The molecule has 0 saturated heterocycles. The summed E-state index contributed by atoms with van der Waals surface area (Å²) in [6.07, 6.45) is -0.501. The van der Waals surface area contributed by atoms with Crippen molar-refractivity contribution in [3.8, 4) is 0 Å². The number of rotatable bonds is 1. The molecule has 0 amide bonds. The zero-order chi connectivity index (χ0) is 6.78. The first-order valence-corrected chi connectivity index (χ1v) is 1.40. The molecule has 0 aromatic rings. The van der Waals surface area contributed by atoms with Crippen LogP contribution in [0.15, 0.2) is 0 Å². The van der Waals surface area contributed by atoms with E-state index in [-0.39, 0.29) is 0 Å². The Morgan fingerprint density at radius 1 is 2.25 bits per heavy atom. The van der Waals surface area contributed by atoms with Gasteiger partial charge in [-0.3, -0.25) is 0 Å². The minimum Gasteiger partial charge on any atom is -0.0654 e. The second-order valence-electron chi connectivity index (χ2n) is 0.612. The maximum atomic E-state index is 6.91. The monoisotopic (exact) mass is 62.1 g/mol. The van der Waals surface area contributed by atoms with Crippen LogP contribution in [0.3, 0.4) is 0 Å². The second-order valence-corrected chi connectivity index (χ2v) is 0.612. The highest BCUT2D eigenvalue weighted by atomic mass is 13.6. The van der Waals surface area contributed by atoms with E-state index in [1.165, 1.54) is 0 Å². The average Bonchev–Trinajstić information content (AvgIpc) is 1.62. The molecular weight excluding hydrogens is 48.0 g/mol. The fourth-order valence-electron chi connectivity index (χ4n) is 0. The van der Waals surface area contributed by atoms with E-state index in [0.29, 0.717) is 6.42 Å². The summed E-state index contributed by atoms with van der Waals surface area (Å²) in [5.41, 5.74) is 0. The van der Waals surface area contributed by atoms with E-state index < -0.39 is 13.2 Å². The summed E-state index contributed by atoms with van der Waals surface area (Å²) < 4.78 is 27.0. The van der Waals surface area contributed by atoms with Crippen molar-refractivity contribution in [2.24, 2.45) is 0 Å². The Morgan fingerprint density at radius 2 is 3.00 bits per heavy atom. The van der Waals surface area contributed by atoms with Crippen molar-refractivity contribution in [3.05, 3.63) is 0 Å². The predicted octanol–water partition coefficient (Wildman–Crippen LogP) is 1.81. The Bertz CT molecular complexity index is 64.9. The quantitative estimate of drug-likeness (QED) is 0.434. The van der Waals surface area contributed by atoms with E-state index in [2.05, 4.69) is 0 Å². The molecular formula is C4H10. The molecule has 0 nitrogen and oxygen atoms in total. The summed E-state index contributed by atoms with van der Waals surface area (Å²) in [5.74, 6) is 0. The van der Waals surface area contributed by atoms with Crippen molar-refractivity contribution in [1.82, 2.24) is 0 Å². The smallest absolute Gasteiger partial charge is 0.0264 e. The molecule has 1 atom stereocenters. The van der Waals surface area contributed by atoms with E-state index in [0.717, 1.165) is 0 Å². The summed E-state index contributed by atoms with van der Waals surface area (Å²) in [6.45, 7) is -0.376. The minimum absolute atomic E-state index is 0.399. The van der Waals surface area contributed by atoms with Gasteiger partial charge in [-0.15, -0.1) is 0 Å². The molecule has 26 valence electrons. The van der Waals surface area contributed by atoms with Crippen LogP contribution in [-0.4, -0.2) is 0 Å². The van der Waals surface area contributed by atoms with Gasteiger partial charge in [-0.1, -0.05) is 26.6 Å². The van der Waals surface area contributed by atoms with E-state index in [9.17, 15) is 0 Å². The third-order valence-corrected chi connectivity index (χ3v) is 0.204. The van der Waals surface area contributed by atoms with Gasteiger partial charge in [0.15, 0.2) is 0 Å². The first kappa shape index (κ1) is 0.735. The topological polar surface area (TPSA) is 0 Å². The molecule has 0 saturated carbocycles. The number of hydrogen-bond donors (Lipinski definition) is 0. The summed E-state index contributed by atoms with van der Waals surface area (Å²) in [4.78, 5) is 0. The highest BCUT2D eigenvalue weighted by Crippen LogP contribution is 1.76. The summed E-state index contributed by atoms with van der Waals surface area (Å²) >= 11 is 0. The van der Waals surface area contributed by atoms with E-state index >= 15 is 0 Å². The van der Waals surface area contributed by atoms with Crippen LogP contribution in [0.4, 0.5) is 0 Å². The SMILES string of the molecule is [2H]C(CC)C([2H])([2H])[2H]. The molecule has 0 rings (SSSR count). The second kappa shape index (κ2) is 3.00. The maximum absolute atomic E-state index is 6.91. The highest BCUT2D eigenvalue weighted by Gasteiger charge is 1.56. The molecule has 0 heterocycles. The van der Waals surface area contributed by atoms with Crippen molar-refractivity contribution >= 4 is 0 Å². The Balaban J connectivity index is 3.62. The first-order chi connectivity index (χ1) is 3.48. The highest BCUT2D eigenvalue weighted by molar-refractivity contribution is 4.12. The molecule has 0 spiro atoms. The zero-order valence-electron chi connectivity index (χ0n) is 6.78. The normalized spacial score (nSPS) is 33.2. The van der Waals surface area contributed by atoms with Gasteiger partial charge in [0.25, 0.3) is 0 Å². The Morgan fingerprint density at radius 3 is 3.00 bits per heavy atom. The van der Waals surface area contributed by atoms with Crippen molar-refractivity contribution in [1.29, 1.82) is 0 Å². The lowest BCUT2D eigenvalue weighted by Crippen LogP contribution is -1.47. The standard InChI is InChI=1S/C4H10/c1-3-4-2/h3-4H2,1-2H3/i1D3,3D. The fourth-order valence-corrected chi connectivity index (χ4v) is 0. The summed E-state index contributed by atoms with van der Waals surface area (Å²) in [7, 11) is 0. The van der Waals surface area contributed by atoms with Gasteiger partial charge < -0.3 is 0 Å². The Hall–Kier alpha value is 0. The first-order valence-electron chi connectivity index (χ1n) is 3.48. The number of hydrogen-bond acceptors (Lipinski definition) is 0. The molecule has 0 aliphatic carbocycles. The average molecular weight is 62.1 g/mol. The van der Waals surface area contributed by atoms with Gasteiger partial charge >= 0.3 is 0 Å². The summed E-state index contributed by atoms with van der Waals surface area (Å²) in [6, 6.07) is 0. The van der Waals surface area contributed by atoms with Crippen LogP contribution in [0, 0.1) is 0 Å². The van der Waals surface area contributed by atoms with Crippen molar-refractivity contribution in [3.63, 3.8) is 0 Å². The third-order valence-electron chi connectivity index (χ3n) is 0.204. The van der Waals surface area contributed by atoms with Gasteiger partial charge in [-0.05, 0) is 0 Å². The van der Waals surface area contributed by atoms with Crippen LogP contribution in [-0.2, 0) is 0 Å². The molecule has 0 fully saturated rings. The molecule has 0 bridgehead atoms. The minimum atomic E-state index is -2.07. The lowest BCUT2D eigenvalue weighted by Gasteiger charge is -1.68. The molecule has 0 aliphatic heterocycles. The van der Waals surface area contributed by atoms with Gasteiger partial charge in [0.2, 0.25) is 0 Å². The molecule has 1 unspecified atom stereocenters. The molecule has 0 radical (unpaired) electrons. The van der Waals surface area contributed by atoms with Gasteiger partial charge in [0.05, 0.1) is 0 Å². The van der Waals surface area contributed by atoms with Crippen LogP contribution in [0.2, 0.25) is 0 Å². The zero-order valence-corrected chi connectivity index (χ0v) is 2.78.